The topological polar surface area (TPSA) is 50.9 Å². The smallest absolute Gasteiger partial charge is 0.111 e. The summed E-state index contributed by atoms with van der Waals surface area (Å²) in [5.74, 6) is 0. The second-order valence-electron chi connectivity index (χ2n) is 3.31. The highest BCUT2D eigenvalue weighted by Gasteiger charge is 2.08. The van der Waals surface area contributed by atoms with E-state index in [0.29, 0.717) is 11.4 Å². The molecule has 0 fully saturated rings. The quantitative estimate of drug-likeness (QED) is 0.849. The van der Waals surface area contributed by atoms with Gasteiger partial charge in [-0.05, 0) is 18.2 Å². The van der Waals surface area contributed by atoms with E-state index in [4.69, 9.17) is 5.11 Å². The van der Waals surface area contributed by atoms with E-state index < -0.39 is 6.67 Å². The first kappa shape index (κ1) is 10.8. The van der Waals surface area contributed by atoms with Crippen molar-refractivity contribution in [3.8, 4) is 11.4 Å². The second-order valence-corrected chi connectivity index (χ2v) is 3.31. The van der Waals surface area contributed by atoms with E-state index in [0.717, 1.165) is 5.69 Å². The number of aliphatic hydroxyl groups is 1. The van der Waals surface area contributed by atoms with Crippen LogP contribution in [-0.2, 0) is 13.2 Å². The highest BCUT2D eigenvalue weighted by Crippen LogP contribution is 2.16. The Kier molecular flexibility index (Phi) is 3.26. The third-order valence-corrected chi connectivity index (χ3v) is 2.25. The highest BCUT2D eigenvalue weighted by molar-refractivity contribution is 5.53. The fourth-order valence-electron chi connectivity index (χ4n) is 1.50. The fourth-order valence-corrected chi connectivity index (χ4v) is 1.50. The Morgan fingerprint density at radius 1 is 1.31 bits per heavy atom. The van der Waals surface area contributed by atoms with Crippen molar-refractivity contribution in [2.75, 3.05) is 6.67 Å². The number of halogens is 1. The maximum Gasteiger partial charge on any atom is 0.111 e. The van der Waals surface area contributed by atoms with Crippen LogP contribution in [0, 0.1) is 0 Å². The molecule has 0 aliphatic heterocycles. The largest absolute Gasteiger partial charge is 0.390 e. The summed E-state index contributed by atoms with van der Waals surface area (Å²) in [6, 6.07) is 7.21. The van der Waals surface area contributed by atoms with Crippen LogP contribution >= 0.6 is 0 Å². The van der Waals surface area contributed by atoms with E-state index in [-0.39, 0.29) is 13.2 Å². The van der Waals surface area contributed by atoms with Crippen molar-refractivity contribution in [1.29, 1.82) is 0 Å². The van der Waals surface area contributed by atoms with Gasteiger partial charge in [0.1, 0.15) is 12.4 Å². The van der Waals surface area contributed by atoms with E-state index in [1.54, 1.807) is 12.3 Å². The molecule has 2 rings (SSSR count). The van der Waals surface area contributed by atoms with Crippen molar-refractivity contribution in [2.24, 2.45) is 0 Å². The van der Waals surface area contributed by atoms with Crippen molar-refractivity contribution in [2.45, 2.75) is 13.2 Å². The zero-order chi connectivity index (χ0) is 11.4. The molecular weight excluding hydrogens is 209 g/mol. The molecule has 0 aliphatic carbocycles. The van der Waals surface area contributed by atoms with Gasteiger partial charge in [-0.2, -0.15) is 5.10 Å². The molecule has 4 nitrogen and oxygen atoms in total. The number of aromatic nitrogens is 3. The molecule has 0 unspecified atom stereocenters. The Bertz CT molecular complexity index is 456. The Morgan fingerprint density at radius 3 is 2.81 bits per heavy atom. The van der Waals surface area contributed by atoms with E-state index in [2.05, 4.69) is 10.1 Å². The second kappa shape index (κ2) is 4.85. The number of aliphatic hydroxyl groups excluding tert-OH is 1. The number of alkyl halides is 1. The minimum Gasteiger partial charge on any atom is -0.390 e. The van der Waals surface area contributed by atoms with Gasteiger partial charge >= 0.3 is 0 Å². The lowest BCUT2D eigenvalue weighted by molar-refractivity contribution is 0.265. The van der Waals surface area contributed by atoms with Gasteiger partial charge in [0.15, 0.2) is 0 Å². The summed E-state index contributed by atoms with van der Waals surface area (Å²) in [7, 11) is 0. The highest BCUT2D eigenvalue weighted by atomic mass is 19.1. The van der Waals surface area contributed by atoms with Crippen molar-refractivity contribution >= 4 is 0 Å². The zero-order valence-corrected chi connectivity index (χ0v) is 8.67. The normalized spacial score (nSPS) is 10.6. The first-order chi connectivity index (χ1) is 7.85. The van der Waals surface area contributed by atoms with Gasteiger partial charge in [0.05, 0.1) is 24.5 Å². The van der Waals surface area contributed by atoms with Crippen molar-refractivity contribution in [3.63, 3.8) is 0 Å². The molecule has 5 heteroatoms. The molecule has 1 N–H and O–H groups in total. The number of pyridine rings is 1. The van der Waals surface area contributed by atoms with Crippen LogP contribution in [0.15, 0.2) is 30.5 Å². The van der Waals surface area contributed by atoms with Crippen LogP contribution in [0.1, 0.15) is 5.69 Å². The van der Waals surface area contributed by atoms with Crippen LogP contribution in [0.3, 0.4) is 0 Å². The molecule has 0 amide bonds. The van der Waals surface area contributed by atoms with Crippen LogP contribution < -0.4 is 0 Å². The summed E-state index contributed by atoms with van der Waals surface area (Å²) in [5.41, 5.74) is 1.96. The Morgan fingerprint density at radius 2 is 2.19 bits per heavy atom. The molecule has 0 saturated carbocycles. The van der Waals surface area contributed by atoms with Gasteiger partial charge in [-0.1, -0.05) is 6.07 Å². The summed E-state index contributed by atoms with van der Waals surface area (Å²) >= 11 is 0. The third-order valence-electron chi connectivity index (χ3n) is 2.25. The Balaban J connectivity index is 2.36. The average molecular weight is 221 g/mol. The summed E-state index contributed by atoms with van der Waals surface area (Å²) < 4.78 is 13.7. The predicted octanol–water partition coefficient (Wildman–Crippen LogP) is 1.41. The molecular formula is C11H12FN3O. The van der Waals surface area contributed by atoms with Crippen molar-refractivity contribution < 1.29 is 9.50 Å². The molecule has 16 heavy (non-hydrogen) atoms. The summed E-state index contributed by atoms with van der Waals surface area (Å²) in [5, 5.41) is 13.3. The molecule has 2 aromatic rings. The van der Waals surface area contributed by atoms with Gasteiger partial charge in [-0.25, -0.2) is 4.39 Å². The minimum absolute atomic E-state index is 0.153. The van der Waals surface area contributed by atoms with Crippen molar-refractivity contribution in [1.82, 2.24) is 14.8 Å². The molecule has 0 saturated heterocycles. The van der Waals surface area contributed by atoms with Crippen molar-refractivity contribution in [3.05, 3.63) is 36.2 Å². The van der Waals surface area contributed by atoms with Gasteiger partial charge in [0, 0.05) is 6.20 Å². The molecule has 0 aromatic carbocycles. The van der Waals surface area contributed by atoms with E-state index >= 15 is 0 Å². The zero-order valence-electron chi connectivity index (χ0n) is 8.67. The SMILES string of the molecule is OCc1cc(-c2ccccn2)nn1CCF. The predicted molar refractivity (Wildman–Crippen MR) is 57.4 cm³/mol. The van der Waals surface area contributed by atoms with E-state index in [9.17, 15) is 4.39 Å². The van der Waals surface area contributed by atoms with Gasteiger partial charge < -0.3 is 5.11 Å². The monoisotopic (exact) mass is 221 g/mol. The summed E-state index contributed by atoms with van der Waals surface area (Å²) in [6.45, 7) is -0.501. The molecule has 84 valence electrons. The average Bonchev–Trinajstić information content (AvgIpc) is 2.74. The van der Waals surface area contributed by atoms with Gasteiger partial charge in [0.2, 0.25) is 0 Å². The number of hydrogen-bond acceptors (Lipinski definition) is 3. The molecule has 0 aliphatic rings. The minimum atomic E-state index is -0.504. The van der Waals surface area contributed by atoms with Gasteiger partial charge in [0.25, 0.3) is 0 Å². The molecule has 0 radical (unpaired) electrons. The van der Waals surface area contributed by atoms with Crippen LogP contribution in [-0.4, -0.2) is 26.5 Å². The Hall–Kier alpha value is -1.75. The standard InChI is InChI=1S/C11H12FN3O/c12-4-6-15-9(8-16)7-11(14-15)10-3-1-2-5-13-10/h1-3,5,7,16H,4,6,8H2. The van der Waals surface area contributed by atoms with Crippen LogP contribution in [0.5, 0.6) is 0 Å². The van der Waals surface area contributed by atoms with E-state index in [1.807, 2.05) is 18.2 Å². The number of nitrogens with zero attached hydrogens (tertiary/aromatic N) is 3. The maximum absolute atomic E-state index is 12.2. The van der Waals surface area contributed by atoms with E-state index in [1.165, 1.54) is 4.68 Å². The molecule has 0 spiro atoms. The first-order valence-corrected chi connectivity index (χ1v) is 5.00. The lowest BCUT2D eigenvalue weighted by Crippen LogP contribution is -2.06. The Labute approximate surface area is 92.4 Å². The van der Waals surface area contributed by atoms with Gasteiger partial charge in [-0.3, -0.25) is 9.67 Å². The van der Waals surface area contributed by atoms with Crippen LogP contribution in [0.25, 0.3) is 11.4 Å². The number of rotatable bonds is 4. The lowest BCUT2D eigenvalue weighted by Gasteiger charge is -2.00. The molecule has 2 aromatic heterocycles. The van der Waals surface area contributed by atoms with Gasteiger partial charge in [-0.15, -0.1) is 0 Å². The molecule has 0 atom stereocenters. The third kappa shape index (κ3) is 2.09. The fraction of sp³-hybridized carbons (Fsp3) is 0.273. The maximum atomic E-state index is 12.2. The number of hydrogen-bond donors (Lipinski definition) is 1. The summed E-state index contributed by atoms with van der Waals surface area (Å²) in [4.78, 5) is 4.15. The van der Waals surface area contributed by atoms with Crippen LogP contribution in [0.4, 0.5) is 4.39 Å². The number of aryl methyl sites for hydroxylation is 1. The first-order valence-electron chi connectivity index (χ1n) is 5.00. The molecule has 2 heterocycles. The molecule has 0 bridgehead atoms. The lowest BCUT2D eigenvalue weighted by atomic mass is 10.2. The summed E-state index contributed by atoms with van der Waals surface area (Å²) in [6.07, 6.45) is 1.67. The van der Waals surface area contributed by atoms with Crippen LogP contribution in [0.2, 0.25) is 0 Å².